The average Bonchev–Trinajstić information content (AvgIpc) is 3.04. The Morgan fingerprint density at radius 3 is 2.61 bits per heavy atom. The van der Waals surface area contributed by atoms with E-state index in [-0.39, 0.29) is 35.1 Å². The smallest absolute Gasteiger partial charge is 0.338 e. The summed E-state index contributed by atoms with van der Waals surface area (Å²) in [4.78, 5) is 26.6. The molecule has 28 heavy (non-hydrogen) atoms. The number of nitrogens with zero attached hydrogens (tertiary/aromatic N) is 1. The fourth-order valence-electron chi connectivity index (χ4n) is 3.46. The molecule has 1 aromatic carbocycles. The van der Waals surface area contributed by atoms with Crippen molar-refractivity contribution >= 4 is 21.7 Å². The summed E-state index contributed by atoms with van der Waals surface area (Å²) in [7, 11) is -3.13. The molecule has 0 N–H and O–H groups in total. The van der Waals surface area contributed by atoms with Crippen molar-refractivity contribution in [3.05, 3.63) is 23.8 Å². The third-order valence-electron chi connectivity index (χ3n) is 5.06. The lowest BCUT2D eigenvalue weighted by molar-refractivity contribution is -0.138. The highest BCUT2D eigenvalue weighted by Gasteiger charge is 2.36. The number of benzene rings is 1. The number of carbonyl (C=O) groups is 2. The van der Waals surface area contributed by atoms with Crippen molar-refractivity contribution in [2.75, 3.05) is 31.3 Å². The largest absolute Gasteiger partial charge is 0.486 e. The average molecular weight is 411 g/mol. The topological polar surface area (TPSA) is 99.2 Å². The predicted molar refractivity (Wildman–Crippen MR) is 101 cm³/mol. The van der Waals surface area contributed by atoms with E-state index in [0.717, 1.165) is 0 Å². The summed E-state index contributed by atoms with van der Waals surface area (Å²) in [5.74, 6) is 0.0260. The van der Waals surface area contributed by atoms with Crippen LogP contribution in [0.3, 0.4) is 0 Å². The van der Waals surface area contributed by atoms with Crippen LogP contribution >= 0.6 is 0 Å². The third-order valence-corrected chi connectivity index (χ3v) is 6.81. The van der Waals surface area contributed by atoms with Gasteiger partial charge in [-0.15, -0.1) is 0 Å². The monoisotopic (exact) mass is 411 g/mol. The van der Waals surface area contributed by atoms with E-state index in [2.05, 4.69) is 0 Å². The molecule has 2 heterocycles. The molecule has 0 aromatic heterocycles. The van der Waals surface area contributed by atoms with E-state index in [1.54, 1.807) is 17.0 Å². The normalized spacial score (nSPS) is 21.0. The zero-order chi connectivity index (χ0) is 20.3. The number of amides is 1. The van der Waals surface area contributed by atoms with Crippen molar-refractivity contribution in [2.45, 2.75) is 38.8 Å². The van der Waals surface area contributed by atoms with Gasteiger partial charge in [0.1, 0.15) is 13.2 Å². The molecule has 1 aromatic rings. The highest BCUT2D eigenvalue weighted by Crippen LogP contribution is 2.31. The van der Waals surface area contributed by atoms with Crippen molar-refractivity contribution in [2.24, 2.45) is 0 Å². The maximum Gasteiger partial charge on any atom is 0.338 e. The molecule has 2 aliphatic rings. The minimum absolute atomic E-state index is 0.0425. The van der Waals surface area contributed by atoms with Gasteiger partial charge in [-0.1, -0.05) is 6.92 Å². The van der Waals surface area contributed by atoms with Crippen LogP contribution in [0, 0.1) is 0 Å². The first-order valence-corrected chi connectivity index (χ1v) is 11.2. The molecule has 8 nitrogen and oxygen atoms in total. The molecule has 0 spiro atoms. The number of esters is 1. The van der Waals surface area contributed by atoms with E-state index in [4.69, 9.17) is 14.2 Å². The predicted octanol–water partition coefficient (Wildman–Crippen LogP) is 1.43. The van der Waals surface area contributed by atoms with Gasteiger partial charge in [-0.25, -0.2) is 13.2 Å². The van der Waals surface area contributed by atoms with Gasteiger partial charge in [-0.05, 0) is 38.0 Å². The Labute approximate surface area is 164 Å². The van der Waals surface area contributed by atoms with Crippen LogP contribution in [0.1, 0.15) is 37.0 Å². The van der Waals surface area contributed by atoms with E-state index in [1.165, 1.54) is 6.07 Å². The Hall–Kier alpha value is -2.29. The lowest BCUT2D eigenvalue weighted by Crippen LogP contribution is -2.48. The van der Waals surface area contributed by atoms with Crippen molar-refractivity contribution in [3.8, 4) is 11.5 Å². The molecule has 0 radical (unpaired) electrons. The van der Waals surface area contributed by atoms with Crippen molar-refractivity contribution in [3.63, 3.8) is 0 Å². The fraction of sp³-hybridized carbons (Fsp3) is 0.579. The van der Waals surface area contributed by atoms with Gasteiger partial charge in [0.15, 0.2) is 27.9 Å². The Morgan fingerprint density at radius 1 is 1.25 bits per heavy atom. The van der Waals surface area contributed by atoms with Gasteiger partial charge in [-0.3, -0.25) is 4.79 Å². The number of carbonyl (C=O) groups excluding carboxylic acids is 2. The van der Waals surface area contributed by atoms with Crippen LogP contribution in [0.4, 0.5) is 0 Å². The van der Waals surface area contributed by atoms with Crippen LogP contribution in [-0.4, -0.2) is 68.6 Å². The van der Waals surface area contributed by atoms with Crippen molar-refractivity contribution in [1.82, 2.24) is 4.90 Å². The van der Waals surface area contributed by atoms with E-state index in [1.807, 2.05) is 13.8 Å². The summed E-state index contributed by atoms with van der Waals surface area (Å²) in [5, 5.41) is 0. The zero-order valence-corrected chi connectivity index (χ0v) is 16.9. The quantitative estimate of drug-likeness (QED) is 0.653. The summed E-state index contributed by atoms with van der Waals surface area (Å²) in [5.41, 5.74) is 0.260. The summed E-state index contributed by atoms with van der Waals surface area (Å²) < 4.78 is 39.7. The molecule has 1 fully saturated rings. The number of sulfone groups is 1. The van der Waals surface area contributed by atoms with E-state index >= 15 is 0 Å². The highest BCUT2D eigenvalue weighted by atomic mass is 32.2. The lowest BCUT2D eigenvalue weighted by atomic mass is 10.1. The Balaban J connectivity index is 1.64. The van der Waals surface area contributed by atoms with E-state index in [9.17, 15) is 18.0 Å². The molecule has 2 atom stereocenters. The van der Waals surface area contributed by atoms with Crippen molar-refractivity contribution < 1.29 is 32.2 Å². The number of rotatable bonds is 6. The fourth-order valence-corrected chi connectivity index (χ4v) is 5.17. The second-order valence-electron chi connectivity index (χ2n) is 7.05. The van der Waals surface area contributed by atoms with Gasteiger partial charge in [0.2, 0.25) is 0 Å². The van der Waals surface area contributed by atoms with Crippen LogP contribution in [0.5, 0.6) is 11.5 Å². The molecule has 9 heteroatoms. The summed E-state index contributed by atoms with van der Waals surface area (Å²) in [6, 6.07) is 4.19. The van der Waals surface area contributed by atoms with Gasteiger partial charge >= 0.3 is 5.97 Å². The lowest BCUT2D eigenvalue weighted by Gasteiger charge is -2.33. The summed E-state index contributed by atoms with van der Waals surface area (Å²) in [6.07, 6.45) is 1.09. The summed E-state index contributed by atoms with van der Waals surface area (Å²) >= 11 is 0. The van der Waals surface area contributed by atoms with Gasteiger partial charge in [0, 0.05) is 12.1 Å². The maximum absolute atomic E-state index is 12.7. The minimum Gasteiger partial charge on any atom is -0.486 e. The first-order valence-electron chi connectivity index (χ1n) is 9.39. The van der Waals surface area contributed by atoms with Gasteiger partial charge in [0.25, 0.3) is 5.91 Å². The van der Waals surface area contributed by atoms with Crippen LogP contribution in [-0.2, 0) is 19.4 Å². The molecule has 2 aliphatic heterocycles. The second kappa shape index (κ2) is 8.38. The molecule has 1 amide bonds. The first kappa shape index (κ1) is 20.4. The van der Waals surface area contributed by atoms with Gasteiger partial charge in [-0.2, -0.15) is 0 Å². The van der Waals surface area contributed by atoms with Crippen LogP contribution in [0.15, 0.2) is 18.2 Å². The Morgan fingerprint density at radius 2 is 1.96 bits per heavy atom. The maximum atomic E-state index is 12.7. The molecule has 1 saturated heterocycles. The van der Waals surface area contributed by atoms with E-state index in [0.29, 0.717) is 37.6 Å². The van der Waals surface area contributed by atoms with Crippen LogP contribution in [0.25, 0.3) is 0 Å². The molecule has 0 aliphatic carbocycles. The first-order chi connectivity index (χ1) is 13.3. The molecule has 0 saturated carbocycles. The molecular formula is C19H25NO7S. The number of hydrogen-bond acceptors (Lipinski definition) is 7. The molecule has 0 bridgehead atoms. The number of hydrogen-bond donors (Lipinski definition) is 0. The van der Waals surface area contributed by atoms with Crippen LogP contribution in [0.2, 0.25) is 0 Å². The number of fused-ring (bicyclic) bond motifs is 1. The third kappa shape index (κ3) is 4.57. The summed E-state index contributed by atoms with van der Waals surface area (Å²) in [6.45, 7) is 4.21. The minimum atomic E-state index is -3.13. The molecular weight excluding hydrogens is 386 g/mol. The standard InChI is InChI=1S/C19H25NO7S/c1-3-13(2)20(15-6-9-28(23,24)12-15)18(21)11-27-19(22)14-4-5-16-17(10-14)26-8-7-25-16/h4-5,10,13,15H,3,6-9,11-12H2,1-2H3/t13-,15-/m0/s1. The van der Waals surface area contributed by atoms with Gasteiger partial charge < -0.3 is 19.1 Å². The SMILES string of the molecule is CC[C@H](C)N(C(=O)COC(=O)c1ccc2c(c1)OCCO2)[C@H]1CCS(=O)(=O)C1. The Bertz CT molecular complexity index is 852. The van der Waals surface area contributed by atoms with Gasteiger partial charge in [0.05, 0.1) is 17.1 Å². The molecule has 3 rings (SSSR count). The number of ether oxygens (including phenoxy) is 3. The zero-order valence-electron chi connectivity index (χ0n) is 16.0. The highest BCUT2D eigenvalue weighted by molar-refractivity contribution is 7.91. The molecule has 0 unspecified atom stereocenters. The Kier molecular flexibility index (Phi) is 6.12. The second-order valence-corrected chi connectivity index (χ2v) is 9.28. The molecule has 154 valence electrons. The van der Waals surface area contributed by atoms with E-state index < -0.39 is 22.4 Å². The van der Waals surface area contributed by atoms with Crippen LogP contribution < -0.4 is 9.47 Å². The van der Waals surface area contributed by atoms with Crippen molar-refractivity contribution in [1.29, 1.82) is 0 Å².